The van der Waals surface area contributed by atoms with Crippen LogP contribution in [0.2, 0.25) is 0 Å². The van der Waals surface area contributed by atoms with Crippen molar-refractivity contribution in [2.75, 3.05) is 6.61 Å². The van der Waals surface area contributed by atoms with E-state index in [-0.39, 0.29) is 6.61 Å². The van der Waals surface area contributed by atoms with E-state index in [0.29, 0.717) is 22.3 Å². The number of carbonyl (C=O) groups is 2. The smallest absolute Gasteiger partial charge is 0.344 e. The van der Waals surface area contributed by atoms with Gasteiger partial charge in [0.15, 0.2) is 12.6 Å². The summed E-state index contributed by atoms with van der Waals surface area (Å²) >= 11 is 0. The van der Waals surface area contributed by atoms with Gasteiger partial charge in [-0.3, -0.25) is 4.79 Å². The van der Waals surface area contributed by atoms with Crippen LogP contribution in [-0.4, -0.2) is 23.6 Å². The Hall–Kier alpha value is -4.13. The van der Waals surface area contributed by atoms with E-state index in [9.17, 15) is 19.5 Å². The third-order valence-electron chi connectivity index (χ3n) is 4.65. The third-order valence-corrected chi connectivity index (χ3v) is 4.65. The largest absolute Gasteiger partial charge is 0.484 e. The highest BCUT2D eigenvalue weighted by molar-refractivity contribution is 6.04. The van der Waals surface area contributed by atoms with Crippen molar-refractivity contribution in [1.82, 2.24) is 5.32 Å². The van der Waals surface area contributed by atoms with E-state index in [0.717, 1.165) is 10.8 Å². The SMILES string of the molecule is O=C(COc1ccc2c(c1)oc(=O)c1ccccc12)N[C@H](C(=O)O)c1ccccc1. The Bertz CT molecular complexity index is 1300. The fourth-order valence-electron chi connectivity index (χ4n) is 3.23. The lowest BCUT2D eigenvalue weighted by molar-refractivity contribution is -0.142. The van der Waals surface area contributed by atoms with Gasteiger partial charge in [0.1, 0.15) is 11.3 Å². The summed E-state index contributed by atoms with van der Waals surface area (Å²) in [6.07, 6.45) is 0. The highest BCUT2D eigenvalue weighted by atomic mass is 16.5. The molecule has 0 saturated heterocycles. The minimum Gasteiger partial charge on any atom is -0.484 e. The molecule has 1 aromatic heterocycles. The number of rotatable bonds is 6. The van der Waals surface area contributed by atoms with Gasteiger partial charge in [0, 0.05) is 11.5 Å². The number of carboxylic acid groups (broad SMARTS) is 1. The van der Waals surface area contributed by atoms with Gasteiger partial charge in [-0.2, -0.15) is 0 Å². The molecule has 1 atom stereocenters. The molecule has 150 valence electrons. The Kier molecular flexibility index (Phi) is 5.17. The maximum atomic E-state index is 12.2. The quantitative estimate of drug-likeness (QED) is 0.378. The summed E-state index contributed by atoms with van der Waals surface area (Å²) in [5, 5.41) is 13.8. The van der Waals surface area contributed by atoms with Crippen molar-refractivity contribution < 1.29 is 23.8 Å². The first-order chi connectivity index (χ1) is 14.5. The van der Waals surface area contributed by atoms with Gasteiger partial charge in [-0.15, -0.1) is 0 Å². The molecule has 2 N–H and O–H groups in total. The van der Waals surface area contributed by atoms with Crippen LogP contribution in [0.25, 0.3) is 21.7 Å². The maximum absolute atomic E-state index is 12.2. The molecular formula is C23H17NO6. The molecule has 30 heavy (non-hydrogen) atoms. The van der Waals surface area contributed by atoms with Gasteiger partial charge in [0.2, 0.25) is 0 Å². The summed E-state index contributed by atoms with van der Waals surface area (Å²) in [6, 6.07) is 19.3. The van der Waals surface area contributed by atoms with E-state index in [1.54, 1.807) is 54.6 Å². The minimum absolute atomic E-state index is 0.322. The number of carboxylic acids is 1. The number of hydrogen-bond acceptors (Lipinski definition) is 5. The molecule has 3 aromatic carbocycles. The van der Waals surface area contributed by atoms with Crippen molar-refractivity contribution in [3.63, 3.8) is 0 Å². The number of amides is 1. The molecule has 4 aromatic rings. The van der Waals surface area contributed by atoms with Crippen LogP contribution in [0.15, 0.2) is 82.0 Å². The van der Waals surface area contributed by atoms with Gasteiger partial charge in [-0.25, -0.2) is 9.59 Å². The number of aliphatic carboxylic acids is 1. The summed E-state index contributed by atoms with van der Waals surface area (Å²) in [4.78, 5) is 35.9. The van der Waals surface area contributed by atoms with Crippen molar-refractivity contribution >= 4 is 33.6 Å². The third kappa shape index (κ3) is 3.86. The predicted molar refractivity (Wildman–Crippen MR) is 110 cm³/mol. The van der Waals surface area contributed by atoms with E-state index in [1.807, 2.05) is 12.1 Å². The first-order valence-electron chi connectivity index (χ1n) is 9.18. The Morgan fingerprint density at radius 1 is 0.933 bits per heavy atom. The zero-order valence-electron chi connectivity index (χ0n) is 15.7. The molecule has 0 spiro atoms. The van der Waals surface area contributed by atoms with Crippen molar-refractivity contribution in [2.24, 2.45) is 0 Å². The molecule has 4 rings (SSSR count). The van der Waals surface area contributed by atoms with Crippen molar-refractivity contribution in [2.45, 2.75) is 6.04 Å². The Morgan fingerprint density at radius 3 is 2.37 bits per heavy atom. The Balaban J connectivity index is 1.50. The lowest BCUT2D eigenvalue weighted by Gasteiger charge is -2.15. The second-order valence-electron chi connectivity index (χ2n) is 6.63. The van der Waals surface area contributed by atoms with Gasteiger partial charge < -0.3 is 19.6 Å². The Labute approximate surface area is 170 Å². The zero-order chi connectivity index (χ0) is 21.1. The summed E-state index contributed by atoms with van der Waals surface area (Å²) in [7, 11) is 0. The van der Waals surface area contributed by atoms with Crippen LogP contribution in [0.4, 0.5) is 0 Å². The van der Waals surface area contributed by atoms with E-state index >= 15 is 0 Å². The van der Waals surface area contributed by atoms with Gasteiger partial charge in [0.25, 0.3) is 5.91 Å². The first kappa shape index (κ1) is 19.2. The summed E-state index contributed by atoms with van der Waals surface area (Å²) in [5.74, 6) is -1.44. The topological polar surface area (TPSA) is 106 Å². The van der Waals surface area contributed by atoms with Crippen molar-refractivity contribution in [1.29, 1.82) is 0 Å². The second-order valence-corrected chi connectivity index (χ2v) is 6.63. The number of hydrogen-bond donors (Lipinski definition) is 2. The number of carbonyl (C=O) groups excluding carboxylic acids is 1. The van der Waals surface area contributed by atoms with E-state index in [4.69, 9.17) is 9.15 Å². The number of ether oxygens (including phenoxy) is 1. The molecule has 7 nitrogen and oxygen atoms in total. The minimum atomic E-state index is -1.18. The Morgan fingerprint density at radius 2 is 1.63 bits per heavy atom. The second kappa shape index (κ2) is 8.08. The van der Waals surface area contributed by atoms with Crippen LogP contribution in [0.1, 0.15) is 11.6 Å². The molecule has 1 amide bonds. The van der Waals surface area contributed by atoms with Crippen LogP contribution in [0.3, 0.4) is 0 Å². The van der Waals surface area contributed by atoms with Crippen LogP contribution in [0, 0.1) is 0 Å². The standard InChI is InChI=1S/C23H17NO6/c25-20(24-21(22(26)27)14-6-2-1-3-7-14)13-29-15-10-11-17-16-8-4-5-9-18(16)23(28)30-19(17)12-15/h1-12,21H,13H2,(H,24,25)(H,26,27)/t21-/m0/s1. The molecular weight excluding hydrogens is 386 g/mol. The average molecular weight is 403 g/mol. The van der Waals surface area contributed by atoms with E-state index in [2.05, 4.69) is 5.32 Å². The molecule has 0 saturated carbocycles. The van der Waals surface area contributed by atoms with Crippen LogP contribution < -0.4 is 15.7 Å². The molecule has 0 bridgehead atoms. The maximum Gasteiger partial charge on any atom is 0.344 e. The monoisotopic (exact) mass is 403 g/mol. The molecule has 0 unspecified atom stereocenters. The van der Waals surface area contributed by atoms with Crippen molar-refractivity contribution in [3.05, 3.63) is 88.8 Å². The predicted octanol–water partition coefficient (Wildman–Crippen LogP) is 3.27. The zero-order valence-corrected chi connectivity index (χ0v) is 15.7. The van der Waals surface area contributed by atoms with Crippen LogP contribution >= 0.6 is 0 Å². The van der Waals surface area contributed by atoms with E-state index < -0.39 is 23.5 Å². The lowest BCUT2D eigenvalue weighted by atomic mass is 10.1. The molecule has 0 fully saturated rings. The van der Waals surface area contributed by atoms with E-state index in [1.165, 1.54) is 6.07 Å². The van der Waals surface area contributed by atoms with Gasteiger partial charge in [-0.05, 0) is 29.1 Å². The molecule has 0 aliphatic rings. The molecule has 0 aliphatic heterocycles. The molecule has 0 aliphatic carbocycles. The van der Waals surface area contributed by atoms with Crippen LogP contribution in [0.5, 0.6) is 5.75 Å². The van der Waals surface area contributed by atoms with Gasteiger partial charge in [0.05, 0.1) is 5.39 Å². The summed E-state index contributed by atoms with van der Waals surface area (Å²) in [6.45, 7) is -0.389. The fraction of sp³-hybridized carbons (Fsp3) is 0.0870. The highest BCUT2D eigenvalue weighted by Crippen LogP contribution is 2.26. The van der Waals surface area contributed by atoms with Crippen LogP contribution in [-0.2, 0) is 9.59 Å². The normalized spacial score (nSPS) is 11.9. The molecule has 0 radical (unpaired) electrons. The number of benzene rings is 3. The van der Waals surface area contributed by atoms with Gasteiger partial charge in [-0.1, -0.05) is 48.5 Å². The molecule has 7 heteroatoms. The number of nitrogens with one attached hydrogen (secondary N) is 1. The number of fused-ring (bicyclic) bond motifs is 3. The highest BCUT2D eigenvalue weighted by Gasteiger charge is 2.22. The average Bonchev–Trinajstić information content (AvgIpc) is 2.76. The summed E-state index contributed by atoms with van der Waals surface area (Å²) in [5.41, 5.74) is 0.335. The lowest BCUT2D eigenvalue weighted by Crippen LogP contribution is -2.36. The van der Waals surface area contributed by atoms with Gasteiger partial charge >= 0.3 is 11.6 Å². The van der Waals surface area contributed by atoms with Crippen molar-refractivity contribution in [3.8, 4) is 5.75 Å². The summed E-state index contributed by atoms with van der Waals surface area (Å²) < 4.78 is 10.8. The molecule has 1 heterocycles. The fourth-order valence-corrected chi connectivity index (χ4v) is 3.23. The first-order valence-corrected chi connectivity index (χ1v) is 9.18.